The number of likely N-dealkylation sites (N-methyl/N-ethyl adjacent to an activating group) is 1. The third kappa shape index (κ3) is 5.99. The van der Waals surface area contributed by atoms with Crippen molar-refractivity contribution in [2.24, 2.45) is 5.92 Å². The van der Waals surface area contributed by atoms with E-state index >= 15 is 0 Å². The van der Waals surface area contributed by atoms with Crippen molar-refractivity contribution < 1.29 is 9.47 Å². The highest BCUT2D eigenvalue weighted by atomic mass is 16.6. The van der Waals surface area contributed by atoms with E-state index in [1.165, 1.54) is 5.56 Å². The van der Waals surface area contributed by atoms with Crippen molar-refractivity contribution in [3.05, 3.63) is 51.9 Å². The van der Waals surface area contributed by atoms with E-state index in [0.717, 1.165) is 30.8 Å². The fourth-order valence-corrected chi connectivity index (χ4v) is 3.35. The predicted octanol–water partition coefficient (Wildman–Crippen LogP) is 2.48. The average Bonchev–Trinajstić information content (AvgIpc) is 2.61. The third-order valence-corrected chi connectivity index (χ3v) is 4.47. The van der Waals surface area contributed by atoms with E-state index in [1.54, 1.807) is 6.07 Å². The lowest BCUT2D eigenvalue weighted by molar-refractivity contribution is -0.0962. The molecule has 1 aromatic carbocycles. The van der Waals surface area contributed by atoms with Crippen molar-refractivity contribution >= 4 is 0 Å². The molecule has 27 heavy (non-hydrogen) atoms. The molecule has 1 aliphatic heterocycles. The first-order chi connectivity index (χ1) is 13.0. The van der Waals surface area contributed by atoms with Gasteiger partial charge in [-0.05, 0) is 31.0 Å². The maximum absolute atomic E-state index is 12.0. The van der Waals surface area contributed by atoms with Crippen LogP contribution in [0.1, 0.15) is 25.1 Å². The molecule has 1 atom stereocenters. The van der Waals surface area contributed by atoms with Crippen LogP contribution in [0.4, 0.5) is 0 Å². The summed E-state index contributed by atoms with van der Waals surface area (Å²) in [5, 5.41) is 0. The molecule has 2 aromatic rings. The first-order valence-electron chi connectivity index (χ1n) is 9.57. The van der Waals surface area contributed by atoms with E-state index in [-0.39, 0.29) is 11.7 Å². The zero-order valence-corrected chi connectivity index (χ0v) is 16.4. The highest BCUT2D eigenvalue weighted by Crippen LogP contribution is 2.18. The predicted molar refractivity (Wildman–Crippen MR) is 106 cm³/mol. The summed E-state index contributed by atoms with van der Waals surface area (Å²) >= 11 is 0. The van der Waals surface area contributed by atoms with E-state index in [9.17, 15) is 4.79 Å². The Morgan fingerprint density at radius 3 is 2.89 bits per heavy atom. The van der Waals surface area contributed by atoms with Gasteiger partial charge in [0.25, 0.3) is 5.56 Å². The van der Waals surface area contributed by atoms with Crippen LogP contribution in [0.25, 0.3) is 11.4 Å². The zero-order chi connectivity index (χ0) is 19.2. The van der Waals surface area contributed by atoms with E-state index in [2.05, 4.69) is 47.9 Å². The molecular weight excluding hydrogens is 342 g/mol. The Balaban J connectivity index is 1.71. The van der Waals surface area contributed by atoms with Crippen LogP contribution in [-0.2, 0) is 22.4 Å². The molecule has 6 heteroatoms. The Bertz CT molecular complexity index is 797. The first kappa shape index (κ1) is 19.7. The quantitative estimate of drug-likeness (QED) is 0.810. The Kier molecular flexibility index (Phi) is 6.77. The van der Waals surface area contributed by atoms with Gasteiger partial charge in [0.2, 0.25) is 0 Å². The second kappa shape index (κ2) is 9.26. The molecule has 1 fully saturated rings. The molecule has 0 radical (unpaired) electrons. The van der Waals surface area contributed by atoms with Gasteiger partial charge in [-0.25, -0.2) is 4.98 Å². The normalized spacial score (nSPS) is 17.6. The summed E-state index contributed by atoms with van der Waals surface area (Å²) in [6.45, 7) is 7.87. The van der Waals surface area contributed by atoms with Crippen LogP contribution in [0.3, 0.4) is 0 Å². The van der Waals surface area contributed by atoms with Crippen molar-refractivity contribution in [3.63, 3.8) is 0 Å². The number of aromatic nitrogens is 2. The van der Waals surface area contributed by atoms with Crippen LogP contribution in [0.15, 0.2) is 35.1 Å². The Hall–Kier alpha value is -2.02. The van der Waals surface area contributed by atoms with Crippen LogP contribution in [0.5, 0.6) is 0 Å². The van der Waals surface area contributed by atoms with Gasteiger partial charge in [0.05, 0.1) is 25.9 Å². The largest absolute Gasteiger partial charge is 0.376 e. The van der Waals surface area contributed by atoms with Gasteiger partial charge in [0.1, 0.15) is 5.82 Å². The minimum atomic E-state index is -0.104. The molecule has 1 unspecified atom stereocenters. The van der Waals surface area contributed by atoms with Crippen molar-refractivity contribution in [2.75, 3.05) is 33.4 Å². The standard InChI is InChI=1S/C21H29N3O3/c1-15(2)9-18-11-20(25)23-21(22-18)17-6-4-5-16(10-17)12-24(3)13-19-14-26-7-8-27-19/h4-6,10-11,15,19H,7-9,12-14H2,1-3H3,(H,22,23,25). The fraction of sp³-hybridized carbons (Fsp3) is 0.524. The topological polar surface area (TPSA) is 67.5 Å². The fourth-order valence-electron chi connectivity index (χ4n) is 3.35. The summed E-state index contributed by atoms with van der Waals surface area (Å²) in [7, 11) is 2.08. The maximum Gasteiger partial charge on any atom is 0.251 e. The minimum Gasteiger partial charge on any atom is -0.376 e. The molecule has 0 bridgehead atoms. The van der Waals surface area contributed by atoms with E-state index in [1.807, 2.05) is 12.1 Å². The van der Waals surface area contributed by atoms with Gasteiger partial charge in [-0.15, -0.1) is 0 Å². The van der Waals surface area contributed by atoms with E-state index in [0.29, 0.717) is 31.6 Å². The van der Waals surface area contributed by atoms with Gasteiger partial charge in [-0.1, -0.05) is 32.0 Å². The van der Waals surface area contributed by atoms with Crippen LogP contribution >= 0.6 is 0 Å². The van der Waals surface area contributed by atoms with E-state index < -0.39 is 0 Å². The Morgan fingerprint density at radius 1 is 1.30 bits per heavy atom. The lowest BCUT2D eigenvalue weighted by Gasteiger charge is -2.27. The summed E-state index contributed by atoms with van der Waals surface area (Å²) in [4.78, 5) is 21.8. The summed E-state index contributed by atoms with van der Waals surface area (Å²) in [5.41, 5.74) is 2.83. The number of H-pyrrole nitrogens is 1. The lowest BCUT2D eigenvalue weighted by atomic mass is 10.1. The molecular formula is C21H29N3O3. The van der Waals surface area contributed by atoms with Gasteiger partial charge in [-0.3, -0.25) is 9.69 Å². The maximum atomic E-state index is 12.0. The SMILES string of the molecule is CC(C)Cc1cc(=O)[nH]c(-c2cccc(CN(C)CC3COCCO3)c2)n1. The molecule has 0 spiro atoms. The van der Waals surface area contributed by atoms with Gasteiger partial charge in [-0.2, -0.15) is 0 Å². The summed E-state index contributed by atoms with van der Waals surface area (Å²) in [5.74, 6) is 1.09. The molecule has 0 aliphatic carbocycles. The molecule has 0 saturated carbocycles. The first-order valence-corrected chi connectivity index (χ1v) is 9.57. The number of hydrogen-bond donors (Lipinski definition) is 1. The van der Waals surface area contributed by atoms with Crippen LogP contribution in [0.2, 0.25) is 0 Å². The molecule has 1 saturated heterocycles. The number of ether oxygens (including phenoxy) is 2. The average molecular weight is 371 g/mol. The summed E-state index contributed by atoms with van der Waals surface area (Å²) < 4.78 is 11.2. The third-order valence-electron chi connectivity index (χ3n) is 4.47. The van der Waals surface area contributed by atoms with Gasteiger partial charge in [0.15, 0.2) is 0 Å². The number of nitrogens with one attached hydrogen (secondary N) is 1. The van der Waals surface area contributed by atoms with Crippen molar-refractivity contribution in [1.29, 1.82) is 0 Å². The van der Waals surface area contributed by atoms with Gasteiger partial charge >= 0.3 is 0 Å². The highest BCUT2D eigenvalue weighted by Gasteiger charge is 2.16. The smallest absolute Gasteiger partial charge is 0.251 e. The van der Waals surface area contributed by atoms with E-state index in [4.69, 9.17) is 9.47 Å². The second-order valence-corrected chi connectivity index (χ2v) is 7.65. The monoisotopic (exact) mass is 371 g/mol. The Labute approximate surface area is 160 Å². The number of nitrogens with zero attached hydrogens (tertiary/aromatic N) is 2. The molecule has 1 aromatic heterocycles. The Morgan fingerprint density at radius 2 is 2.15 bits per heavy atom. The molecule has 2 heterocycles. The molecule has 6 nitrogen and oxygen atoms in total. The molecule has 0 amide bonds. The lowest BCUT2D eigenvalue weighted by Crippen LogP contribution is -2.38. The highest BCUT2D eigenvalue weighted by molar-refractivity contribution is 5.56. The molecule has 1 N–H and O–H groups in total. The molecule has 146 valence electrons. The summed E-state index contributed by atoms with van der Waals surface area (Å²) in [6, 6.07) is 9.76. The number of benzene rings is 1. The van der Waals surface area contributed by atoms with Crippen molar-refractivity contribution in [2.45, 2.75) is 32.9 Å². The number of aromatic amines is 1. The number of hydrogen-bond acceptors (Lipinski definition) is 5. The number of rotatable bonds is 7. The molecule has 3 rings (SSSR count). The van der Waals surface area contributed by atoms with Gasteiger partial charge in [0, 0.05) is 30.4 Å². The van der Waals surface area contributed by atoms with Crippen LogP contribution in [0, 0.1) is 5.92 Å². The minimum absolute atomic E-state index is 0.104. The summed E-state index contributed by atoms with van der Waals surface area (Å²) in [6.07, 6.45) is 0.917. The van der Waals surface area contributed by atoms with Crippen molar-refractivity contribution in [1.82, 2.24) is 14.9 Å². The van der Waals surface area contributed by atoms with Crippen LogP contribution < -0.4 is 5.56 Å². The second-order valence-electron chi connectivity index (χ2n) is 7.65. The van der Waals surface area contributed by atoms with Crippen LogP contribution in [-0.4, -0.2) is 54.4 Å². The zero-order valence-electron chi connectivity index (χ0n) is 16.4. The molecule has 1 aliphatic rings. The van der Waals surface area contributed by atoms with Crippen molar-refractivity contribution in [3.8, 4) is 11.4 Å². The van der Waals surface area contributed by atoms with Gasteiger partial charge < -0.3 is 14.5 Å².